The molecule has 1 N–H and O–H groups in total. The molecule has 0 saturated heterocycles. The van der Waals surface area contributed by atoms with E-state index < -0.39 is 0 Å². The van der Waals surface area contributed by atoms with Crippen molar-refractivity contribution >= 4 is 17.3 Å². The zero-order chi connectivity index (χ0) is 15.4. The Labute approximate surface area is 131 Å². The number of nitrogens with one attached hydrogen (secondary N) is 1. The van der Waals surface area contributed by atoms with Crippen molar-refractivity contribution in [3.63, 3.8) is 0 Å². The highest BCUT2D eigenvalue weighted by molar-refractivity contribution is 5.88. The van der Waals surface area contributed by atoms with Crippen molar-refractivity contribution in [2.75, 3.05) is 18.5 Å². The third kappa shape index (κ3) is 3.38. The maximum Gasteiger partial charge on any atom is 0.0895 e. The minimum absolute atomic E-state index is 0.227. The van der Waals surface area contributed by atoms with E-state index in [1.54, 1.807) is 0 Å². The first-order valence-electron chi connectivity index (χ1n) is 7.96. The molecular formula is C20H22FN. The highest BCUT2D eigenvalue weighted by atomic mass is 19.1. The fourth-order valence-electron chi connectivity index (χ4n) is 2.91. The molecule has 0 atom stereocenters. The number of fused-ring (bicyclic) bond motifs is 1. The van der Waals surface area contributed by atoms with Gasteiger partial charge in [-0.3, -0.25) is 4.39 Å². The summed E-state index contributed by atoms with van der Waals surface area (Å²) in [5, 5.41) is 3.34. The van der Waals surface area contributed by atoms with Gasteiger partial charge < -0.3 is 5.32 Å². The number of allylic oxidation sites excluding steroid dienone is 1. The summed E-state index contributed by atoms with van der Waals surface area (Å²) in [5.41, 5.74) is 7.85. The lowest BCUT2D eigenvalue weighted by Crippen LogP contribution is -2.01. The fourth-order valence-corrected chi connectivity index (χ4v) is 2.91. The van der Waals surface area contributed by atoms with Crippen LogP contribution >= 0.6 is 0 Å². The molecule has 0 aromatic heterocycles. The number of rotatable bonds is 6. The normalized spacial score (nSPS) is 12.9. The highest BCUT2D eigenvalue weighted by Gasteiger charge is 2.13. The number of halogens is 1. The van der Waals surface area contributed by atoms with Gasteiger partial charge in [-0.25, -0.2) is 0 Å². The number of hydrogen-bond donors (Lipinski definition) is 1. The topological polar surface area (TPSA) is 12.0 Å². The number of unbranched alkanes of at least 4 members (excludes halogenated alkanes) is 1. The molecule has 0 unspecified atom stereocenters. The first-order valence-corrected chi connectivity index (χ1v) is 7.96. The SMILES string of the molecule is Cc1ccc2c(c1)CC(c1ccc(NCCCCF)cc1)=C2. The van der Waals surface area contributed by atoms with Gasteiger partial charge in [0.15, 0.2) is 0 Å². The summed E-state index contributed by atoms with van der Waals surface area (Å²) in [7, 11) is 0. The van der Waals surface area contributed by atoms with Crippen LogP contribution in [-0.4, -0.2) is 13.2 Å². The molecule has 1 aliphatic carbocycles. The van der Waals surface area contributed by atoms with Crippen molar-refractivity contribution < 1.29 is 4.39 Å². The molecule has 2 aromatic rings. The van der Waals surface area contributed by atoms with Gasteiger partial charge in [-0.2, -0.15) is 0 Å². The molecule has 3 rings (SSSR count). The molecule has 114 valence electrons. The van der Waals surface area contributed by atoms with Gasteiger partial charge >= 0.3 is 0 Å². The van der Waals surface area contributed by atoms with E-state index in [0.29, 0.717) is 6.42 Å². The minimum atomic E-state index is -0.227. The molecular weight excluding hydrogens is 273 g/mol. The van der Waals surface area contributed by atoms with Gasteiger partial charge in [-0.1, -0.05) is 42.0 Å². The largest absolute Gasteiger partial charge is 0.385 e. The van der Waals surface area contributed by atoms with Crippen molar-refractivity contribution in [2.24, 2.45) is 0 Å². The molecule has 1 aliphatic rings. The molecule has 22 heavy (non-hydrogen) atoms. The Morgan fingerprint density at radius 2 is 1.86 bits per heavy atom. The smallest absolute Gasteiger partial charge is 0.0895 e. The second-order valence-corrected chi connectivity index (χ2v) is 5.95. The van der Waals surface area contributed by atoms with E-state index in [0.717, 1.165) is 25.1 Å². The lowest BCUT2D eigenvalue weighted by molar-refractivity contribution is 0.466. The summed E-state index contributed by atoms with van der Waals surface area (Å²) in [6.45, 7) is 2.74. The van der Waals surface area contributed by atoms with Crippen LogP contribution in [0.2, 0.25) is 0 Å². The van der Waals surface area contributed by atoms with Crippen LogP contribution in [0.25, 0.3) is 11.6 Å². The van der Waals surface area contributed by atoms with Gasteiger partial charge in [0.1, 0.15) is 0 Å². The third-order valence-corrected chi connectivity index (χ3v) is 4.15. The van der Waals surface area contributed by atoms with Crippen LogP contribution in [0, 0.1) is 6.92 Å². The van der Waals surface area contributed by atoms with E-state index in [4.69, 9.17) is 0 Å². The van der Waals surface area contributed by atoms with Crippen LogP contribution in [0.3, 0.4) is 0 Å². The zero-order valence-corrected chi connectivity index (χ0v) is 13.0. The average molecular weight is 295 g/mol. The molecule has 0 spiro atoms. The predicted molar refractivity (Wildman–Crippen MR) is 92.9 cm³/mol. The van der Waals surface area contributed by atoms with E-state index in [1.807, 2.05) is 0 Å². The summed E-state index contributed by atoms with van der Waals surface area (Å²) in [4.78, 5) is 0. The molecule has 2 aromatic carbocycles. The maximum absolute atomic E-state index is 12.0. The van der Waals surface area contributed by atoms with Gasteiger partial charge in [-0.15, -0.1) is 0 Å². The first-order chi connectivity index (χ1) is 10.8. The second-order valence-electron chi connectivity index (χ2n) is 5.95. The zero-order valence-electron chi connectivity index (χ0n) is 13.0. The fraction of sp³-hybridized carbons (Fsp3) is 0.300. The van der Waals surface area contributed by atoms with Crippen molar-refractivity contribution in [3.05, 3.63) is 64.7 Å². The van der Waals surface area contributed by atoms with E-state index in [-0.39, 0.29) is 6.67 Å². The Morgan fingerprint density at radius 1 is 1.05 bits per heavy atom. The maximum atomic E-state index is 12.0. The summed E-state index contributed by atoms with van der Waals surface area (Å²) >= 11 is 0. The van der Waals surface area contributed by atoms with Gasteiger partial charge in [0.2, 0.25) is 0 Å². The molecule has 0 amide bonds. The quantitative estimate of drug-likeness (QED) is 0.717. The third-order valence-electron chi connectivity index (χ3n) is 4.15. The van der Waals surface area contributed by atoms with Crippen molar-refractivity contribution in [1.29, 1.82) is 0 Å². The number of benzene rings is 2. The molecule has 0 radical (unpaired) electrons. The molecule has 2 heteroatoms. The lowest BCUT2D eigenvalue weighted by atomic mass is 10.0. The Morgan fingerprint density at radius 3 is 2.64 bits per heavy atom. The lowest BCUT2D eigenvalue weighted by Gasteiger charge is -2.08. The predicted octanol–water partition coefficient (Wildman–Crippen LogP) is 5.25. The van der Waals surface area contributed by atoms with E-state index >= 15 is 0 Å². The van der Waals surface area contributed by atoms with E-state index in [2.05, 4.69) is 60.8 Å². The van der Waals surface area contributed by atoms with Crippen LogP contribution < -0.4 is 5.32 Å². The Balaban J connectivity index is 1.65. The Bertz CT molecular complexity index is 671. The monoisotopic (exact) mass is 295 g/mol. The Kier molecular flexibility index (Phi) is 4.57. The number of hydrogen-bond acceptors (Lipinski definition) is 1. The van der Waals surface area contributed by atoms with Crippen LogP contribution in [-0.2, 0) is 6.42 Å². The summed E-state index contributed by atoms with van der Waals surface area (Å²) in [5.74, 6) is 0. The first kappa shape index (κ1) is 14.8. The van der Waals surface area contributed by atoms with Crippen LogP contribution in [0.1, 0.15) is 35.1 Å². The molecule has 1 nitrogen and oxygen atoms in total. The van der Waals surface area contributed by atoms with Gasteiger partial charge in [0.05, 0.1) is 6.67 Å². The van der Waals surface area contributed by atoms with Gasteiger partial charge in [0, 0.05) is 12.2 Å². The summed E-state index contributed by atoms with van der Waals surface area (Å²) in [6, 6.07) is 15.2. The molecule has 0 saturated carbocycles. The van der Waals surface area contributed by atoms with Crippen LogP contribution in [0.15, 0.2) is 42.5 Å². The Hall–Kier alpha value is -2.09. The van der Waals surface area contributed by atoms with Gasteiger partial charge in [0.25, 0.3) is 0 Å². The van der Waals surface area contributed by atoms with Gasteiger partial charge in [-0.05, 0) is 60.6 Å². The summed E-state index contributed by atoms with van der Waals surface area (Å²) in [6.07, 6.45) is 4.81. The van der Waals surface area contributed by atoms with Crippen molar-refractivity contribution in [3.8, 4) is 0 Å². The number of anilines is 1. The van der Waals surface area contributed by atoms with Crippen molar-refractivity contribution in [1.82, 2.24) is 0 Å². The van der Waals surface area contributed by atoms with Crippen molar-refractivity contribution in [2.45, 2.75) is 26.2 Å². The average Bonchev–Trinajstić information content (AvgIpc) is 2.95. The molecule has 0 aliphatic heterocycles. The molecule has 0 heterocycles. The highest BCUT2D eigenvalue weighted by Crippen LogP contribution is 2.32. The number of aryl methyl sites for hydroxylation is 1. The second kappa shape index (κ2) is 6.78. The number of alkyl halides is 1. The molecule has 0 fully saturated rings. The molecule has 0 bridgehead atoms. The summed E-state index contributed by atoms with van der Waals surface area (Å²) < 4.78 is 12.0. The van der Waals surface area contributed by atoms with E-state index in [1.165, 1.54) is 27.8 Å². The van der Waals surface area contributed by atoms with Crippen LogP contribution in [0.4, 0.5) is 10.1 Å². The standard InChI is InChI=1S/C20H22FN/c1-15-4-5-17-13-19(14-18(17)12-15)16-6-8-20(9-7-16)22-11-3-2-10-21/h4-9,12-13,22H,2-3,10-11,14H2,1H3. The minimum Gasteiger partial charge on any atom is -0.385 e. The van der Waals surface area contributed by atoms with E-state index in [9.17, 15) is 4.39 Å². The van der Waals surface area contributed by atoms with Crippen LogP contribution in [0.5, 0.6) is 0 Å².